The van der Waals surface area contributed by atoms with E-state index >= 15 is 0 Å². The van der Waals surface area contributed by atoms with Crippen molar-refractivity contribution in [2.75, 3.05) is 26.7 Å². The van der Waals surface area contributed by atoms with Gasteiger partial charge in [-0.05, 0) is 56.4 Å². The molecule has 1 aliphatic heterocycles. The quantitative estimate of drug-likeness (QED) is 0.441. The molecule has 0 radical (unpaired) electrons. The molecule has 1 fully saturated rings. The number of methoxy groups -OCH3 is 1. The Morgan fingerprint density at radius 3 is 2.48 bits per heavy atom. The van der Waals surface area contributed by atoms with Crippen LogP contribution in [0.25, 0.3) is 0 Å². The lowest BCUT2D eigenvalue weighted by Crippen LogP contribution is -2.56. The van der Waals surface area contributed by atoms with Crippen LogP contribution in [-0.2, 0) is 4.74 Å². The molecule has 1 atom stereocenters. The Morgan fingerprint density at radius 1 is 1.33 bits per heavy atom. The van der Waals surface area contributed by atoms with Crippen molar-refractivity contribution in [1.29, 1.82) is 0 Å². The summed E-state index contributed by atoms with van der Waals surface area (Å²) in [7, 11) is 1.38. The molecule has 0 N–H and O–H groups in total. The van der Waals surface area contributed by atoms with Crippen molar-refractivity contribution in [2.45, 2.75) is 39.3 Å². The zero-order valence-corrected chi connectivity index (χ0v) is 18.9. The van der Waals surface area contributed by atoms with Gasteiger partial charge in [0.1, 0.15) is 11.4 Å². The third kappa shape index (κ3) is 4.96. The SMILES string of the molecule is COc1c(C(=O)N2CCN(C(=O)OC(C)(C)C)C[C@H]2C)cc(F)c(I)c1Cl. The number of benzene rings is 1. The fourth-order valence-corrected chi connectivity index (χ4v) is 3.51. The van der Waals surface area contributed by atoms with Crippen LogP contribution in [0, 0.1) is 9.39 Å². The maximum atomic E-state index is 14.1. The fourth-order valence-electron chi connectivity index (χ4n) is 2.84. The van der Waals surface area contributed by atoms with Gasteiger partial charge in [0.25, 0.3) is 5.91 Å². The molecule has 0 unspecified atom stereocenters. The molecule has 0 aromatic heterocycles. The van der Waals surface area contributed by atoms with Crippen molar-refractivity contribution in [3.63, 3.8) is 0 Å². The molecule has 0 spiro atoms. The number of piperazine rings is 1. The van der Waals surface area contributed by atoms with Crippen LogP contribution in [0.3, 0.4) is 0 Å². The van der Waals surface area contributed by atoms with E-state index in [2.05, 4.69) is 0 Å². The highest BCUT2D eigenvalue weighted by Gasteiger charge is 2.34. The first-order valence-corrected chi connectivity index (χ1v) is 9.92. The minimum atomic E-state index is -0.587. The van der Waals surface area contributed by atoms with Crippen molar-refractivity contribution < 1.29 is 23.5 Å². The molecule has 1 aliphatic rings. The number of rotatable bonds is 2. The van der Waals surface area contributed by atoms with Crippen LogP contribution in [0.15, 0.2) is 6.07 Å². The maximum absolute atomic E-state index is 14.1. The van der Waals surface area contributed by atoms with E-state index in [0.29, 0.717) is 19.6 Å². The van der Waals surface area contributed by atoms with Gasteiger partial charge >= 0.3 is 6.09 Å². The minimum absolute atomic E-state index is 0.0676. The zero-order valence-electron chi connectivity index (χ0n) is 15.9. The van der Waals surface area contributed by atoms with Gasteiger partial charge in [-0.2, -0.15) is 0 Å². The smallest absolute Gasteiger partial charge is 0.410 e. The Labute approximate surface area is 177 Å². The van der Waals surface area contributed by atoms with E-state index in [1.54, 1.807) is 53.2 Å². The molecule has 0 bridgehead atoms. The number of ether oxygens (including phenoxy) is 2. The molecule has 0 aliphatic carbocycles. The number of halogens is 3. The number of hydrogen-bond acceptors (Lipinski definition) is 4. The molecule has 27 heavy (non-hydrogen) atoms. The van der Waals surface area contributed by atoms with Crippen LogP contribution in [0.4, 0.5) is 9.18 Å². The van der Waals surface area contributed by atoms with Crippen LogP contribution in [0.2, 0.25) is 5.02 Å². The van der Waals surface area contributed by atoms with Crippen molar-refractivity contribution in [2.24, 2.45) is 0 Å². The van der Waals surface area contributed by atoms with E-state index < -0.39 is 17.5 Å². The molecule has 150 valence electrons. The van der Waals surface area contributed by atoms with Crippen molar-refractivity contribution >= 4 is 46.2 Å². The van der Waals surface area contributed by atoms with E-state index in [1.807, 2.05) is 6.92 Å². The second-order valence-electron chi connectivity index (χ2n) is 7.34. The van der Waals surface area contributed by atoms with Gasteiger partial charge in [0.2, 0.25) is 0 Å². The Morgan fingerprint density at radius 2 is 1.96 bits per heavy atom. The summed E-state index contributed by atoms with van der Waals surface area (Å²) < 4.78 is 24.9. The normalized spacial score (nSPS) is 17.7. The van der Waals surface area contributed by atoms with E-state index in [4.69, 9.17) is 21.1 Å². The van der Waals surface area contributed by atoms with Crippen molar-refractivity contribution in [3.8, 4) is 5.75 Å². The van der Waals surface area contributed by atoms with Gasteiger partial charge in [0, 0.05) is 25.7 Å². The summed E-state index contributed by atoms with van der Waals surface area (Å²) in [5, 5.41) is 0.0708. The topological polar surface area (TPSA) is 59.1 Å². The number of carbonyl (C=O) groups excluding carboxylic acids is 2. The van der Waals surface area contributed by atoms with Crippen molar-refractivity contribution in [3.05, 3.63) is 26.0 Å². The lowest BCUT2D eigenvalue weighted by atomic mass is 10.1. The van der Waals surface area contributed by atoms with Gasteiger partial charge in [0.05, 0.1) is 21.3 Å². The minimum Gasteiger partial charge on any atom is -0.494 e. The predicted octanol–water partition coefficient (Wildman–Crippen LogP) is 4.17. The lowest BCUT2D eigenvalue weighted by molar-refractivity contribution is 0.00610. The third-order valence-electron chi connectivity index (χ3n) is 4.09. The Balaban J connectivity index is 2.19. The summed E-state index contributed by atoms with van der Waals surface area (Å²) in [5.74, 6) is -0.820. The first kappa shape index (κ1) is 22.0. The van der Waals surface area contributed by atoms with E-state index in [-0.39, 0.29) is 31.9 Å². The molecular weight excluding hydrogens is 490 g/mol. The average molecular weight is 513 g/mol. The molecule has 1 heterocycles. The van der Waals surface area contributed by atoms with Crippen LogP contribution in [0.1, 0.15) is 38.1 Å². The number of amides is 2. The largest absolute Gasteiger partial charge is 0.494 e. The third-order valence-corrected chi connectivity index (χ3v) is 5.83. The summed E-state index contributed by atoms with van der Waals surface area (Å²) in [6, 6.07) is 0.867. The summed E-state index contributed by atoms with van der Waals surface area (Å²) in [4.78, 5) is 28.4. The zero-order chi connectivity index (χ0) is 20.5. The average Bonchev–Trinajstić information content (AvgIpc) is 2.57. The van der Waals surface area contributed by atoms with Crippen molar-refractivity contribution in [1.82, 2.24) is 9.80 Å². The standard InChI is InChI=1S/C18H23ClFIN2O4/c1-10-9-22(17(25)27-18(2,3)4)6-7-23(10)16(24)11-8-12(20)14(21)13(19)15(11)26-5/h8,10H,6-7,9H2,1-5H3/t10-/m1/s1. The molecule has 1 saturated heterocycles. The lowest BCUT2D eigenvalue weighted by Gasteiger charge is -2.40. The van der Waals surface area contributed by atoms with Gasteiger partial charge < -0.3 is 19.3 Å². The molecule has 1 aromatic carbocycles. The molecule has 9 heteroatoms. The van der Waals surface area contributed by atoms with E-state index in [9.17, 15) is 14.0 Å². The van der Waals surface area contributed by atoms with Gasteiger partial charge in [-0.3, -0.25) is 4.79 Å². The van der Waals surface area contributed by atoms with Gasteiger partial charge in [-0.1, -0.05) is 11.6 Å². The number of nitrogens with zero attached hydrogens (tertiary/aromatic N) is 2. The summed E-state index contributed by atoms with van der Waals surface area (Å²) in [5.41, 5.74) is -0.520. The molecular formula is C18H23ClFIN2O4. The van der Waals surface area contributed by atoms with Gasteiger partial charge in [-0.25, -0.2) is 9.18 Å². The monoisotopic (exact) mass is 512 g/mol. The van der Waals surface area contributed by atoms with E-state index in [1.165, 1.54) is 7.11 Å². The number of carbonyl (C=O) groups is 2. The van der Waals surface area contributed by atoms with Crippen LogP contribution < -0.4 is 4.74 Å². The van der Waals surface area contributed by atoms with Crippen LogP contribution in [-0.4, -0.2) is 60.2 Å². The second-order valence-corrected chi connectivity index (χ2v) is 8.80. The maximum Gasteiger partial charge on any atom is 0.410 e. The predicted molar refractivity (Wildman–Crippen MR) is 109 cm³/mol. The molecule has 2 rings (SSSR count). The molecule has 1 aromatic rings. The molecule has 0 saturated carbocycles. The fraction of sp³-hybridized carbons (Fsp3) is 0.556. The van der Waals surface area contributed by atoms with Crippen LogP contribution in [0.5, 0.6) is 5.75 Å². The van der Waals surface area contributed by atoms with Crippen LogP contribution >= 0.6 is 34.2 Å². The van der Waals surface area contributed by atoms with E-state index in [0.717, 1.165) is 6.07 Å². The Kier molecular flexibility index (Phi) is 6.83. The highest BCUT2D eigenvalue weighted by Crippen LogP contribution is 2.36. The van der Waals surface area contributed by atoms with Gasteiger partial charge in [0.15, 0.2) is 5.75 Å². The Bertz CT molecular complexity index is 754. The molecule has 6 nitrogen and oxygen atoms in total. The molecule has 2 amide bonds. The highest BCUT2D eigenvalue weighted by atomic mass is 127. The first-order valence-electron chi connectivity index (χ1n) is 8.46. The first-order chi connectivity index (χ1) is 12.5. The summed E-state index contributed by atoms with van der Waals surface area (Å²) >= 11 is 7.90. The number of hydrogen-bond donors (Lipinski definition) is 0. The second kappa shape index (κ2) is 8.38. The Hall–Kier alpha value is -1.29. The summed E-state index contributed by atoms with van der Waals surface area (Å²) in [6.45, 7) is 8.18. The summed E-state index contributed by atoms with van der Waals surface area (Å²) in [6.07, 6.45) is -0.414. The van der Waals surface area contributed by atoms with Gasteiger partial charge in [-0.15, -0.1) is 0 Å². The highest BCUT2D eigenvalue weighted by molar-refractivity contribution is 14.1.